The van der Waals surface area contributed by atoms with Gasteiger partial charge in [0.1, 0.15) is 18.1 Å². The van der Waals surface area contributed by atoms with Crippen molar-refractivity contribution in [1.29, 1.82) is 0 Å². The predicted molar refractivity (Wildman–Crippen MR) is 89.5 cm³/mol. The molecule has 0 saturated carbocycles. The van der Waals surface area contributed by atoms with Gasteiger partial charge in [0.15, 0.2) is 0 Å². The molecule has 1 aliphatic heterocycles. The first-order valence-electron chi connectivity index (χ1n) is 8.18. The molecule has 1 saturated heterocycles. The highest BCUT2D eigenvalue weighted by molar-refractivity contribution is 5.92. The van der Waals surface area contributed by atoms with Gasteiger partial charge in [0.2, 0.25) is 11.8 Å². The highest BCUT2D eigenvalue weighted by Crippen LogP contribution is 2.19. The summed E-state index contributed by atoms with van der Waals surface area (Å²) in [4.78, 5) is 37.5. The summed E-state index contributed by atoms with van der Waals surface area (Å²) >= 11 is 0. The summed E-state index contributed by atoms with van der Waals surface area (Å²) in [6.45, 7) is -0.206. The molecule has 8 heteroatoms. The van der Waals surface area contributed by atoms with Crippen molar-refractivity contribution < 1.29 is 24.6 Å². The molecular weight excluding hydrogens is 326 g/mol. The van der Waals surface area contributed by atoms with E-state index in [1.54, 1.807) is 0 Å². The van der Waals surface area contributed by atoms with Crippen molar-refractivity contribution >= 4 is 17.8 Å². The second-order valence-corrected chi connectivity index (χ2v) is 6.07. The van der Waals surface area contributed by atoms with Gasteiger partial charge in [-0.25, -0.2) is 4.79 Å². The number of aliphatic hydroxyl groups excluding tert-OH is 1. The van der Waals surface area contributed by atoms with E-state index in [0.29, 0.717) is 19.4 Å². The second kappa shape index (κ2) is 8.59. The van der Waals surface area contributed by atoms with E-state index in [9.17, 15) is 19.5 Å². The number of aliphatic carboxylic acids is 1. The molecule has 25 heavy (non-hydrogen) atoms. The summed E-state index contributed by atoms with van der Waals surface area (Å²) < 4.78 is 0. The van der Waals surface area contributed by atoms with Gasteiger partial charge in [-0.2, -0.15) is 0 Å². The number of carbonyl (C=O) groups excluding carboxylic acids is 2. The van der Waals surface area contributed by atoms with Crippen LogP contribution in [0.4, 0.5) is 0 Å². The molecular formula is C17H23N3O5. The lowest BCUT2D eigenvalue weighted by Gasteiger charge is -2.28. The van der Waals surface area contributed by atoms with Crippen molar-refractivity contribution in [2.45, 2.75) is 37.4 Å². The lowest BCUT2D eigenvalue weighted by molar-refractivity contribution is -0.149. The van der Waals surface area contributed by atoms with E-state index in [4.69, 9.17) is 10.8 Å². The molecule has 0 spiro atoms. The standard InChI is InChI=1S/C17H23N3O5/c18-12(10-21)15(22)19-13(9-11-5-2-1-3-6-11)16(23)20-8-4-7-14(20)17(24)25/h1-3,5-6,12-14,21H,4,7-10,18H2,(H,19,22)(H,24,25). The first-order chi connectivity index (χ1) is 11.9. The maximum absolute atomic E-state index is 12.9. The van der Waals surface area contributed by atoms with Gasteiger partial charge >= 0.3 is 5.97 Å². The molecule has 1 aliphatic rings. The molecule has 0 bridgehead atoms. The number of carbonyl (C=O) groups is 3. The summed E-state index contributed by atoms with van der Waals surface area (Å²) in [6.07, 6.45) is 1.21. The molecule has 0 aliphatic carbocycles. The summed E-state index contributed by atoms with van der Waals surface area (Å²) in [5.74, 6) is -2.15. The third-order valence-electron chi connectivity index (χ3n) is 4.25. The Morgan fingerprint density at radius 1 is 1.28 bits per heavy atom. The second-order valence-electron chi connectivity index (χ2n) is 6.07. The number of benzene rings is 1. The fourth-order valence-electron chi connectivity index (χ4n) is 2.90. The molecule has 0 aromatic heterocycles. The predicted octanol–water partition coefficient (Wildman–Crippen LogP) is -0.891. The zero-order valence-electron chi connectivity index (χ0n) is 13.8. The zero-order valence-corrected chi connectivity index (χ0v) is 13.8. The van der Waals surface area contributed by atoms with Gasteiger partial charge in [0.25, 0.3) is 0 Å². The molecule has 1 aromatic carbocycles. The SMILES string of the molecule is NC(CO)C(=O)NC(Cc1ccccc1)C(=O)N1CCCC1C(=O)O. The molecule has 0 radical (unpaired) electrons. The fraction of sp³-hybridized carbons (Fsp3) is 0.471. The summed E-state index contributed by atoms with van der Waals surface area (Å²) in [5, 5.41) is 20.8. The Hall–Kier alpha value is -2.45. The van der Waals surface area contributed by atoms with Gasteiger partial charge in [-0.15, -0.1) is 0 Å². The van der Waals surface area contributed by atoms with E-state index < -0.39 is 42.5 Å². The van der Waals surface area contributed by atoms with Gasteiger partial charge in [0.05, 0.1) is 6.61 Å². The van der Waals surface area contributed by atoms with Crippen LogP contribution in [0.15, 0.2) is 30.3 Å². The Kier molecular flexibility index (Phi) is 6.49. The molecule has 3 unspecified atom stereocenters. The maximum atomic E-state index is 12.9. The van der Waals surface area contributed by atoms with Gasteiger partial charge in [-0.3, -0.25) is 9.59 Å². The average Bonchev–Trinajstić information content (AvgIpc) is 3.10. The van der Waals surface area contributed by atoms with Crippen LogP contribution in [0, 0.1) is 0 Å². The molecule has 1 fully saturated rings. The Labute approximate surface area is 145 Å². The summed E-state index contributed by atoms with van der Waals surface area (Å²) in [5.41, 5.74) is 6.33. The Morgan fingerprint density at radius 2 is 1.96 bits per heavy atom. The van der Waals surface area contributed by atoms with Crippen LogP contribution in [0.5, 0.6) is 0 Å². The van der Waals surface area contributed by atoms with Crippen LogP contribution in [0.2, 0.25) is 0 Å². The molecule has 3 atom stereocenters. The van der Waals surface area contributed by atoms with Crippen LogP contribution in [0.25, 0.3) is 0 Å². The minimum Gasteiger partial charge on any atom is -0.480 e. The number of nitrogens with zero attached hydrogens (tertiary/aromatic N) is 1. The molecule has 1 aromatic rings. The van der Waals surface area contributed by atoms with E-state index in [1.165, 1.54) is 4.90 Å². The number of aliphatic hydroxyl groups is 1. The number of carboxylic acid groups (broad SMARTS) is 1. The maximum Gasteiger partial charge on any atom is 0.326 e. The summed E-state index contributed by atoms with van der Waals surface area (Å²) in [6, 6.07) is 6.14. The quantitative estimate of drug-likeness (QED) is 0.505. The first-order valence-corrected chi connectivity index (χ1v) is 8.18. The summed E-state index contributed by atoms with van der Waals surface area (Å²) in [7, 11) is 0. The van der Waals surface area contributed by atoms with Crippen LogP contribution < -0.4 is 11.1 Å². The fourth-order valence-corrected chi connectivity index (χ4v) is 2.90. The van der Waals surface area contributed by atoms with Gasteiger partial charge in [-0.05, 0) is 18.4 Å². The van der Waals surface area contributed by atoms with E-state index in [0.717, 1.165) is 5.56 Å². The minimum atomic E-state index is -1.14. The molecule has 2 amide bonds. The van der Waals surface area contributed by atoms with E-state index in [-0.39, 0.29) is 6.42 Å². The molecule has 2 rings (SSSR count). The molecule has 8 nitrogen and oxygen atoms in total. The zero-order chi connectivity index (χ0) is 18.4. The Bertz CT molecular complexity index is 622. The van der Waals surface area contributed by atoms with Crippen molar-refractivity contribution in [2.75, 3.05) is 13.2 Å². The van der Waals surface area contributed by atoms with Gasteiger partial charge < -0.3 is 26.2 Å². The van der Waals surface area contributed by atoms with E-state index in [1.807, 2.05) is 30.3 Å². The Morgan fingerprint density at radius 3 is 2.56 bits per heavy atom. The molecule has 136 valence electrons. The lowest BCUT2D eigenvalue weighted by atomic mass is 10.0. The number of rotatable bonds is 7. The van der Waals surface area contributed by atoms with Crippen LogP contribution in [0.3, 0.4) is 0 Å². The van der Waals surface area contributed by atoms with Crippen molar-refractivity contribution in [3.8, 4) is 0 Å². The number of hydrogen-bond donors (Lipinski definition) is 4. The van der Waals surface area contributed by atoms with Gasteiger partial charge in [0, 0.05) is 13.0 Å². The molecule has 1 heterocycles. The monoisotopic (exact) mass is 349 g/mol. The average molecular weight is 349 g/mol. The van der Waals surface area contributed by atoms with Crippen molar-refractivity contribution in [3.05, 3.63) is 35.9 Å². The Balaban J connectivity index is 2.19. The number of hydrogen-bond acceptors (Lipinski definition) is 5. The number of amides is 2. The van der Waals surface area contributed by atoms with Crippen LogP contribution >= 0.6 is 0 Å². The van der Waals surface area contributed by atoms with Crippen LogP contribution in [0.1, 0.15) is 18.4 Å². The van der Waals surface area contributed by atoms with Crippen molar-refractivity contribution in [2.24, 2.45) is 5.73 Å². The number of nitrogens with one attached hydrogen (secondary N) is 1. The molecule has 5 N–H and O–H groups in total. The smallest absolute Gasteiger partial charge is 0.326 e. The normalized spacial score (nSPS) is 19.3. The van der Waals surface area contributed by atoms with Crippen molar-refractivity contribution in [3.63, 3.8) is 0 Å². The number of likely N-dealkylation sites (tertiary alicyclic amines) is 1. The van der Waals surface area contributed by atoms with Crippen LogP contribution in [-0.4, -0.2) is 64.2 Å². The van der Waals surface area contributed by atoms with Crippen molar-refractivity contribution in [1.82, 2.24) is 10.2 Å². The highest BCUT2D eigenvalue weighted by atomic mass is 16.4. The van der Waals surface area contributed by atoms with Gasteiger partial charge in [-0.1, -0.05) is 30.3 Å². The van der Waals surface area contributed by atoms with E-state index >= 15 is 0 Å². The third-order valence-corrected chi connectivity index (χ3v) is 4.25. The first kappa shape index (κ1) is 18.9. The number of nitrogens with two attached hydrogens (primary N) is 1. The van der Waals surface area contributed by atoms with E-state index in [2.05, 4.69) is 5.32 Å². The topological polar surface area (TPSA) is 133 Å². The number of carboxylic acids is 1. The van der Waals surface area contributed by atoms with Crippen LogP contribution in [-0.2, 0) is 20.8 Å². The largest absolute Gasteiger partial charge is 0.480 e. The lowest BCUT2D eigenvalue weighted by Crippen LogP contribution is -2.55. The highest BCUT2D eigenvalue weighted by Gasteiger charge is 2.37. The minimum absolute atomic E-state index is 0.215. The third kappa shape index (κ3) is 4.77.